The number of sulfonamides is 1. The maximum atomic E-state index is 12.6. The van der Waals surface area contributed by atoms with Crippen LogP contribution >= 0.6 is 0 Å². The Labute approximate surface area is 156 Å². The molecule has 0 amide bonds. The summed E-state index contributed by atoms with van der Waals surface area (Å²) in [7, 11) is -3.38. The van der Waals surface area contributed by atoms with Gasteiger partial charge in [0.1, 0.15) is 10.7 Å². The lowest BCUT2D eigenvalue weighted by Gasteiger charge is -2.36. The van der Waals surface area contributed by atoms with Gasteiger partial charge in [-0.2, -0.15) is 4.31 Å². The van der Waals surface area contributed by atoms with E-state index in [1.165, 1.54) is 12.6 Å². The highest BCUT2D eigenvalue weighted by molar-refractivity contribution is 7.89. The van der Waals surface area contributed by atoms with Crippen molar-refractivity contribution < 1.29 is 13.2 Å². The van der Waals surface area contributed by atoms with Gasteiger partial charge >= 0.3 is 0 Å². The molecule has 0 N–H and O–H groups in total. The zero-order valence-corrected chi connectivity index (χ0v) is 16.0. The van der Waals surface area contributed by atoms with Crippen molar-refractivity contribution >= 4 is 15.8 Å². The highest BCUT2D eigenvalue weighted by atomic mass is 32.2. The first kappa shape index (κ1) is 18.2. The molecule has 0 aromatic carbocycles. The third-order valence-corrected chi connectivity index (χ3v) is 7.54. The summed E-state index contributed by atoms with van der Waals surface area (Å²) in [5.74, 6) is 1.55. The van der Waals surface area contributed by atoms with Gasteiger partial charge in [-0.15, -0.1) is 0 Å². The number of hydrogen-bond acceptors (Lipinski definition) is 6. The predicted molar refractivity (Wildman–Crippen MR) is 99.8 cm³/mol. The van der Waals surface area contributed by atoms with Gasteiger partial charge in [0.15, 0.2) is 0 Å². The van der Waals surface area contributed by atoms with Crippen LogP contribution in [0.5, 0.6) is 0 Å². The zero-order valence-electron chi connectivity index (χ0n) is 15.2. The van der Waals surface area contributed by atoms with Crippen LogP contribution in [0.3, 0.4) is 0 Å². The quantitative estimate of drug-likeness (QED) is 0.760. The lowest BCUT2D eigenvalue weighted by Crippen LogP contribution is -2.48. The number of ether oxygens (including phenoxy) is 1. The van der Waals surface area contributed by atoms with E-state index in [0.717, 1.165) is 64.6 Å². The summed E-state index contributed by atoms with van der Waals surface area (Å²) >= 11 is 0. The van der Waals surface area contributed by atoms with Gasteiger partial charge in [-0.3, -0.25) is 4.90 Å². The van der Waals surface area contributed by atoms with Crippen molar-refractivity contribution in [2.45, 2.75) is 24.2 Å². The van der Waals surface area contributed by atoms with Crippen molar-refractivity contribution in [1.82, 2.24) is 14.2 Å². The van der Waals surface area contributed by atoms with E-state index < -0.39 is 10.0 Å². The summed E-state index contributed by atoms with van der Waals surface area (Å²) in [5, 5.41) is 0. The van der Waals surface area contributed by atoms with Crippen LogP contribution in [0.1, 0.15) is 19.3 Å². The normalized spacial score (nSPS) is 25.8. The summed E-state index contributed by atoms with van der Waals surface area (Å²) in [5.41, 5.74) is 0. The van der Waals surface area contributed by atoms with E-state index in [1.54, 1.807) is 10.4 Å². The van der Waals surface area contributed by atoms with E-state index in [0.29, 0.717) is 23.9 Å². The van der Waals surface area contributed by atoms with Gasteiger partial charge in [0.2, 0.25) is 10.0 Å². The molecule has 0 saturated carbocycles. The highest BCUT2D eigenvalue weighted by Crippen LogP contribution is 2.23. The van der Waals surface area contributed by atoms with Crippen LogP contribution in [0.4, 0.5) is 5.82 Å². The molecule has 1 atom stereocenters. The predicted octanol–water partition coefficient (Wildman–Crippen LogP) is 1.02. The molecule has 0 aliphatic carbocycles. The van der Waals surface area contributed by atoms with Crippen LogP contribution in [0.15, 0.2) is 23.2 Å². The molecule has 3 saturated heterocycles. The molecule has 3 aliphatic heterocycles. The van der Waals surface area contributed by atoms with Crippen LogP contribution in [-0.4, -0.2) is 81.6 Å². The van der Waals surface area contributed by atoms with Crippen molar-refractivity contribution in [2.24, 2.45) is 5.92 Å². The van der Waals surface area contributed by atoms with Gasteiger partial charge in [0, 0.05) is 58.6 Å². The SMILES string of the molecule is O=S(=O)(c1ccc(N2CCN(CC3CCOC3)CC2)nc1)N1CCCC1. The number of rotatable bonds is 5. The summed E-state index contributed by atoms with van der Waals surface area (Å²) in [6.45, 7) is 8.07. The van der Waals surface area contributed by atoms with E-state index in [4.69, 9.17) is 4.74 Å². The Bertz CT molecular complexity index is 690. The third kappa shape index (κ3) is 3.88. The Hall–Kier alpha value is -1.22. The molecular weight excluding hydrogens is 352 g/mol. The van der Waals surface area contributed by atoms with E-state index in [1.807, 2.05) is 6.07 Å². The van der Waals surface area contributed by atoms with E-state index in [-0.39, 0.29) is 0 Å². The molecule has 26 heavy (non-hydrogen) atoms. The fourth-order valence-electron chi connectivity index (χ4n) is 4.04. The molecule has 3 aliphatic rings. The lowest BCUT2D eigenvalue weighted by molar-refractivity contribution is 0.164. The minimum Gasteiger partial charge on any atom is -0.381 e. The molecule has 3 fully saturated rings. The second-order valence-electron chi connectivity index (χ2n) is 7.48. The number of anilines is 1. The largest absolute Gasteiger partial charge is 0.381 e. The molecule has 1 aromatic heterocycles. The van der Waals surface area contributed by atoms with E-state index >= 15 is 0 Å². The van der Waals surface area contributed by atoms with Crippen LogP contribution in [0.2, 0.25) is 0 Å². The fourth-order valence-corrected chi connectivity index (χ4v) is 5.50. The average molecular weight is 381 g/mol. The molecule has 8 heteroatoms. The second-order valence-corrected chi connectivity index (χ2v) is 9.42. The van der Waals surface area contributed by atoms with Gasteiger partial charge in [0.25, 0.3) is 0 Å². The summed E-state index contributed by atoms with van der Waals surface area (Å²) < 4.78 is 32.2. The van der Waals surface area contributed by atoms with Gasteiger partial charge in [-0.05, 0) is 37.3 Å². The molecule has 1 aromatic rings. The standard InChI is InChI=1S/C18H28N4O3S/c23-26(24,22-6-1-2-7-22)17-3-4-18(19-13-17)21-10-8-20(9-11-21)14-16-5-12-25-15-16/h3-4,13,16H,1-2,5-12,14-15H2. The van der Waals surface area contributed by atoms with Crippen LogP contribution in [0, 0.1) is 5.92 Å². The van der Waals surface area contributed by atoms with E-state index in [2.05, 4.69) is 14.8 Å². The molecule has 4 rings (SSSR count). The number of pyridine rings is 1. The first-order valence-electron chi connectivity index (χ1n) is 9.64. The molecule has 0 radical (unpaired) electrons. The van der Waals surface area contributed by atoms with Crippen LogP contribution in [0.25, 0.3) is 0 Å². The summed E-state index contributed by atoms with van der Waals surface area (Å²) in [6.07, 6.45) is 4.59. The van der Waals surface area contributed by atoms with Crippen molar-refractivity contribution in [1.29, 1.82) is 0 Å². The number of piperazine rings is 1. The zero-order chi connectivity index (χ0) is 18.0. The van der Waals surface area contributed by atoms with Crippen molar-refractivity contribution in [3.8, 4) is 0 Å². The van der Waals surface area contributed by atoms with Gasteiger partial charge < -0.3 is 9.64 Å². The van der Waals surface area contributed by atoms with Crippen LogP contribution in [-0.2, 0) is 14.8 Å². The highest BCUT2D eigenvalue weighted by Gasteiger charge is 2.28. The number of aromatic nitrogens is 1. The fraction of sp³-hybridized carbons (Fsp3) is 0.722. The smallest absolute Gasteiger partial charge is 0.244 e. The van der Waals surface area contributed by atoms with Gasteiger partial charge in [-0.25, -0.2) is 13.4 Å². The van der Waals surface area contributed by atoms with E-state index in [9.17, 15) is 8.42 Å². The minimum atomic E-state index is -3.38. The lowest BCUT2D eigenvalue weighted by atomic mass is 10.1. The Morgan fingerprint density at radius 1 is 1.08 bits per heavy atom. The average Bonchev–Trinajstić information content (AvgIpc) is 3.37. The van der Waals surface area contributed by atoms with Gasteiger partial charge in [-0.1, -0.05) is 0 Å². The monoisotopic (exact) mass is 380 g/mol. The number of hydrogen-bond donors (Lipinski definition) is 0. The Balaban J connectivity index is 1.34. The third-order valence-electron chi connectivity index (χ3n) is 5.66. The Kier molecular flexibility index (Phi) is 5.45. The number of nitrogens with zero attached hydrogens (tertiary/aromatic N) is 4. The topological polar surface area (TPSA) is 66.0 Å². The summed E-state index contributed by atoms with van der Waals surface area (Å²) in [4.78, 5) is 9.50. The van der Waals surface area contributed by atoms with Crippen molar-refractivity contribution in [3.63, 3.8) is 0 Å². The molecule has 0 bridgehead atoms. The maximum Gasteiger partial charge on any atom is 0.244 e. The first-order valence-corrected chi connectivity index (χ1v) is 11.1. The molecule has 1 unspecified atom stereocenters. The van der Waals surface area contributed by atoms with Gasteiger partial charge in [0.05, 0.1) is 6.61 Å². The first-order chi connectivity index (χ1) is 12.6. The molecule has 7 nitrogen and oxygen atoms in total. The Morgan fingerprint density at radius 2 is 1.85 bits per heavy atom. The summed E-state index contributed by atoms with van der Waals surface area (Å²) in [6, 6.07) is 3.56. The molecule has 144 valence electrons. The van der Waals surface area contributed by atoms with Crippen LogP contribution < -0.4 is 4.90 Å². The van der Waals surface area contributed by atoms with Crippen molar-refractivity contribution in [2.75, 3.05) is 63.9 Å². The minimum absolute atomic E-state index is 0.308. The Morgan fingerprint density at radius 3 is 2.46 bits per heavy atom. The molecule has 0 spiro atoms. The molecular formula is C18H28N4O3S. The second kappa shape index (κ2) is 7.80. The van der Waals surface area contributed by atoms with Crippen molar-refractivity contribution in [3.05, 3.63) is 18.3 Å². The maximum absolute atomic E-state index is 12.6. The molecule has 4 heterocycles.